The average Bonchev–Trinajstić information content (AvgIpc) is 2.37. The molecule has 0 saturated heterocycles. The molecule has 11 heavy (non-hydrogen) atoms. The molecule has 0 unspecified atom stereocenters. The van der Waals surface area contributed by atoms with Crippen LogP contribution in [0.4, 0.5) is 0 Å². The van der Waals surface area contributed by atoms with E-state index in [0.717, 1.165) is 0 Å². The highest BCUT2D eigenvalue weighted by molar-refractivity contribution is 4.85. The summed E-state index contributed by atoms with van der Waals surface area (Å²) in [7, 11) is 0. The van der Waals surface area contributed by atoms with Crippen LogP contribution in [0.3, 0.4) is 0 Å². The molecule has 0 aliphatic carbocycles. The van der Waals surface area contributed by atoms with Crippen molar-refractivity contribution in [3.05, 3.63) is 18.5 Å². The van der Waals surface area contributed by atoms with Gasteiger partial charge in [0.25, 0.3) is 0 Å². The van der Waals surface area contributed by atoms with Gasteiger partial charge < -0.3 is 0 Å². The minimum absolute atomic E-state index is 0.155. The molecule has 0 spiro atoms. The molecule has 1 heterocycles. The monoisotopic (exact) mass is 154 g/mol. The van der Waals surface area contributed by atoms with E-state index in [0.29, 0.717) is 0 Å². The molecule has 0 fully saturated rings. The maximum Gasteiger partial charge on any atom is 0.163 e. The molecule has 0 aliphatic heterocycles. The van der Waals surface area contributed by atoms with Crippen LogP contribution in [-0.4, -0.2) is 9.78 Å². The number of hydrogen-bond donors (Lipinski definition) is 2. The van der Waals surface area contributed by atoms with Gasteiger partial charge in [0, 0.05) is 18.3 Å². The van der Waals surface area contributed by atoms with Crippen LogP contribution < -0.4 is 11.5 Å². The molecular formula is C7H14N4. The van der Waals surface area contributed by atoms with E-state index in [1.165, 1.54) is 0 Å². The van der Waals surface area contributed by atoms with E-state index < -0.39 is 5.79 Å². The molecule has 1 aromatic heterocycles. The summed E-state index contributed by atoms with van der Waals surface area (Å²) in [6.45, 7) is 3.92. The topological polar surface area (TPSA) is 69.9 Å². The van der Waals surface area contributed by atoms with Crippen molar-refractivity contribution in [1.82, 2.24) is 9.78 Å². The van der Waals surface area contributed by atoms with Gasteiger partial charge in [0.1, 0.15) is 0 Å². The lowest BCUT2D eigenvalue weighted by Gasteiger charge is -2.28. The first-order valence-electron chi connectivity index (χ1n) is 3.63. The lowest BCUT2D eigenvalue weighted by atomic mass is 10.1. The van der Waals surface area contributed by atoms with E-state index in [4.69, 9.17) is 11.5 Å². The number of nitrogens with zero attached hydrogens (tertiary/aromatic N) is 2. The molecule has 0 radical (unpaired) electrons. The predicted molar refractivity (Wildman–Crippen MR) is 43.4 cm³/mol. The molecule has 62 valence electrons. The SMILES string of the molecule is CC(C)C(N)(N)n1cccn1. The Kier molecular flexibility index (Phi) is 1.97. The van der Waals surface area contributed by atoms with Crippen LogP contribution in [0.15, 0.2) is 18.5 Å². The van der Waals surface area contributed by atoms with Crippen LogP contribution in [0.25, 0.3) is 0 Å². The number of nitrogens with two attached hydrogens (primary N) is 2. The Bertz CT molecular complexity index is 212. The van der Waals surface area contributed by atoms with Crippen LogP contribution >= 0.6 is 0 Å². The zero-order valence-corrected chi connectivity index (χ0v) is 6.86. The summed E-state index contributed by atoms with van der Waals surface area (Å²) in [6, 6.07) is 1.80. The minimum atomic E-state index is -0.872. The van der Waals surface area contributed by atoms with Crippen LogP contribution in [0.1, 0.15) is 13.8 Å². The minimum Gasteiger partial charge on any atom is -0.295 e. The molecule has 1 aromatic rings. The van der Waals surface area contributed by atoms with Crippen molar-refractivity contribution in [2.24, 2.45) is 17.4 Å². The van der Waals surface area contributed by atoms with E-state index in [1.807, 2.05) is 13.8 Å². The van der Waals surface area contributed by atoms with Gasteiger partial charge in [-0.15, -0.1) is 0 Å². The third-order valence-corrected chi connectivity index (χ3v) is 1.83. The first-order chi connectivity index (χ1) is 5.05. The van der Waals surface area contributed by atoms with Gasteiger partial charge in [-0.1, -0.05) is 13.8 Å². The average molecular weight is 154 g/mol. The van der Waals surface area contributed by atoms with Gasteiger partial charge >= 0.3 is 0 Å². The second-order valence-corrected chi connectivity index (χ2v) is 2.99. The molecular weight excluding hydrogens is 140 g/mol. The molecule has 0 atom stereocenters. The smallest absolute Gasteiger partial charge is 0.163 e. The highest BCUT2D eigenvalue weighted by Crippen LogP contribution is 2.11. The van der Waals surface area contributed by atoms with Gasteiger partial charge in [-0.3, -0.25) is 11.5 Å². The van der Waals surface area contributed by atoms with Crippen LogP contribution in [0.2, 0.25) is 0 Å². The normalized spacial score (nSPS) is 12.5. The third-order valence-electron chi connectivity index (χ3n) is 1.83. The summed E-state index contributed by atoms with van der Waals surface area (Å²) < 4.78 is 1.57. The van der Waals surface area contributed by atoms with Crippen molar-refractivity contribution >= 4 is 0 Å². The quantitative estimate of drug-likeness (QED) is 0.592. The fourth-order valence-corrected chi connectivity index (χ4v) is 0.762. The highest BCUT2D eigenvalue weighted by Gasteiger charge is 2.25. The second kappa shape index (κ2) is 2.64. The summed E-state index contributed by atoms with van der Waals surface area (Å²) in [6.07, 6.45) is 3.43. The zero-order valence-electron chi connectivity index (χ0n) is 6.86. The van der Waals surface area contributed by atoms with E-state index in [-0.39, 0.29) is 5.92 Å². The van der Waals surface area contributed by atoms with Crippen molar-refractivity contribution in [2.45, 2.75) is 19.6 Å². The first-order valence-corrected chi connectivity index (χ1v) is 3.63. The van der Waals surface area contributed by atoms with E-state index >= 15 is 0 Å². The summed E-state index contributed by atoms with van der Waals surface area (Å²) in [4.78, 5) is 0. The van der Waals surface area contributed by atoms with Gasteiger partial charge in [0.05, 0.1) is 0 Å². The second-order valence-electron chi connectivity index (χ2n) is 2.99. The van der Waals surface area contributed by atoms with Crippen LogP contribution in [0, 0.1) is 5.92 Å². The lowest BCUT2D eigenvalue weighted by molar-refractivity contribution is 0.189. The predicted octanol–water partition coefficient (Wildman–Crippen LogP) is 0.0668. The van der Waals surface area contributed by atoms with Crippen molar-refractivity contribution in [1.29, 1.82) is 0 Å². The van der Waals surface area contributed by atoms with Crippen molar-refractivity contribution in [3.63, 3.8) is 0 Å². The van der Waals surface area contributed by atoms with Crippen molar-refractivity contribution < 1.29 is 0 Å². The zero-order chi connectivity index (χ0) is 8.48. The Labute approximate surface area is 66.2 Å². The van der Waals surface area contributed by atoms with E-state index in [2.05, 4.69) is 5.10 Å². The summed E-state index contributed by atoms with van der Waals surface area (Å²) in [5.74, 6) is -0.717. The summed E-state index contributed by atoms with van der Waals surface area (Å²) in [5, 5.41) is 3.98. The standard InChI is InChI=1S/C7H14N4/c1-6(2)7(8,9)11-5-3-4-10-11/h3-6H,8-9H2,1-2H3. The highest BCUT2D eigenvalue weighted by atomic mass is 15.4. The van der Waals surface area contributed by atoms with Gasteiger partial charge in [-0.05, 0) is 6.07 Å². The number of aromatic nitrogens is 2. The fourth-order valence-electron chi connectivity index (χ4n) is 0.762. The summed E-state index contributed by atoms with van der Waals surface area (Å²) >= 11 is 0. The van der Waals surface area contributed by atoms with Crippen molar-refractivity contribution in [2.75, 3.05) is 0 Å². The fraction of sp³-hybridized carbons (Fsp3) is 0.571. The Morgan fingerprint density at radius 1 is 1.45 bits per heavy atom. The van der Waals surface area contributed by atoms with Gasteiger partial charge in [0.2, 0.25) is 0 Å². The molecule has 4 heteroatoms. The lowest BCUT2D eigenvalue weighted by Crippen LogP contribution is -2.56. The molecule has 0 aromatic carbocycles. The Morgan fingerprint density at radius 2 is 2.09 bits per heavy atom. The molecule has 4 N–H and O–H groups in total. The Hall–Kier alpha value is -0.870. The Morgan fingerprint density at radius 3 is 2.45 bits per heavy atom. The van der Waals surface area contributed by atoms with E-state index in [1.54, 1.807) is 23.1 Å². The molecule has 1 rings (SSSR count). The number of rotatable bonds is 2. The maximum atomic E-state index is 5.80. The first kappa shape index (κ1) is 8.23. The molecule has 4 nitrogen and oxygen atoms in total. The van der Waals surface area contributed by atoms with Crippen LogP contribution in [-0.2, 0) is 5.79 Å². The molecule has 0 bridgehead atoms. The summed E-state index contributed by atoms with van der Waals surface area (Å²) in [5.41, 5.74) is 11.6. The van der Waals surface area contributed by atoms with Gasteiger partial charge in [-0.25, -0.2) is 4.68 Å². The van der Waals surface area contributed by atoms with Gasteiger partial charge in [-0.2, -0.15) is 5.10 Å². The van der Waals surface area contributed by atoms with Crippen molar-refractivity contribution in [3.8, 4) is 0 Å². The maximum absolute atomic E-state index is 5.80. The molecule has 0 aliphatic rings. The number of hydrogen-bond acceptors (Lipinski definition) is 3. The van der Waals surface area contributed by atoms with Crippen LogP contribution in [0.5, 0.6) is 0 Å². The van der Waals surface area contributed by atoms with Gasteiger partial charge in [0.15, 0.2) is 5.79 Å². The third kappa shape index (κ3) is 1.41. The molecule has 0 saturated carbocycles. The Balaban J connectivity index is 2.90. The molecule has 0 amide bonds. The van der Waals surface area contributed by atoms with E-state index in [9.17, 15) is 0 Å². The largest absolute Gasteiger partial charge is 0.295 e.